The molecule has 1 heterocycles. The Labute approximate surface area is 188 Å². The lowest BCUT2D eigenvalue weighted by Crippen LogP contribution is -2.19. The molecular formula is C22H21BrClN3OS. The number of amides is 1. The van der Waals surface area contributed by atoms with Crippen LogP contribution in [0.4, 0.5) is 0 Å². The van der Waals surface area contributed by atoms with Crippen molar-refractivity contribution in [3.63, 3.8) is 0 Å². The van der Waals surface area contributed by atoms with Crippen molar-refractivity contribution in [3.05, 3.63) is 80.5 Å². The Morgan fingerprint density at radius 2 is 1.90 bits per heavy atom. The standard InChI is InChI=1S/C22H21BrClN3OS/c1-14-10-19(6-9-21(14)23)27-15(2)11-17(16(27)3)12-25-26-22(28)13-29-20-7-4-18(24)5-8-20/h4-12H,13H2,1-3H3,(H,26,28)/b25-12-. The number of hydrogen-bond donors (Lipinski definition) is 1. The van der Waals surface area contributed by atoms with Crippen molar-refractivity contribution >= 4 is 51.4 Å². The molecule has 0 atom stereocenters. The Morgan fingerprint density at radius 3 is 2.59 bits per heavy atom. The van der Waals surface area contributed by atoms with E-state index in [0.717, 1.165) is 32.0 Å². The van der Waals surface area contributed by atoms with E-state index in [1.54, 1.807) is 6.21 Å². The van der Waals surface area contributed by atoms with Crippen LogP contribution < -0.4 is 5.43 Å². The number of benzene rings is 2. The topological polar surface area (TPSA) is 46.4 Å². The number of halogens is 2. The molecule has 150 valence electrons. The lowest BCUT2D eigenvalue weighted by Gasteiger charge is -2.11. The van der Waals surface area contributed by atoms with Gasteiger partial charge in [-0.1, -0.05) is 27.5 Å². The smallest absolute Gasteiger partial charge is 0.250 e. The van der Waals surface area contributed by atoms with E-state index in [1.807, 2.05) is 31.2 Å². The average Bonchev–Trinajstić information content (AvgIpc) is 2.97. The van der Waals surface area contributed by atoms with Crippen molar-refractivity contribution in [2.24, 2.45) is 5.10 Å². The molecule has 1 aromatic heterocycles. The van der Waals surface area contributed by atoms with Gasteiger partial charge in [0.15, 0.2) is 0 Å². The number of hydrogen-bond acceptors (Lipinski definition) is 3. The van der Waals surface area contributed by atoms with E-state index in [-0.39, 0.29) is 11.7 Å². The summed E-state index contributed by atoms with van der Waals surface area (Å²) < 4.78 is 3.27. The van der Waals surface area contributed by atoms with Crippen molar-refractivity contribution in [2.75, 3.05) is 5.75 Å². The largest absolute Gasteiger partial charge is 0.318 e. The third-order valence-corrected chi connectivity index (χ3v) is 6.60. The van der Waals surface area contributed by atoms with Gasteiger partial charge in [0.05, 0.1) is 12.0 Å². The molecule has 0 saturated heterocycles. The van der Waals surface area contributed by atoms with Crippen LogP contribution in [0.2, 0.25) is 5.02 Å². The van der Waals surface area contributed by atoms with Crippen LogP contribution in [0.15, 0.2) is 63.0 Å². The highest BCUT2D eigenvalue weighted by Crippen LogP contribution is 2.24. The van der Waals surface area contributed by atoms with Crippen LogP contribution in [0.25, 0.3) is 5.69 Å². The molecule has 0 unspecified atom stereocenters. The van der Waals surface area contributed by atoms with Crippen LogP contribution in [-0.4, -0.2) is 22.4 Å². The maximum Gasteiger partial charge on any atom is 0.250 e. The molecule has 1 amide bonds. The number of thioether (sulfide) groups is 1. The van der Waals surface area contributed by atoms with Gasteiger partial charge in [-0.2, -0.15) is 5.10 Å². The van der Waals surface area contributed by atoms with Crippen LogP contribution >= 0.6 is 39.3 Å². The number of nitrogens with one attached hydrogen (secondary N) is 1. The summed E-state index contributed by atoms with van der Waals surface area (Å²) in [6, 6.07) is 15.7. The lowest BCUT2D eigenvalue weighted by atomic mass is 10.2. The number of nitrogens with zero attached hydrogens (tertiary/aromatic N) is 2. The van der Waals surface area contributed by atoms with Crippen molar-refractivity contribution in [1.29, 1.82) is 0 Å². The minimum absolute atomic E-state index is 0.154. The van der Waals surface area contributed by atoms with Crippen molar-refractivity contribution < 1.29 is 4.79 Å². The fourth-order valence-electron chi connectivity index (χ4n) is 2.97. The maximum absolute atomic E-state index is 12.0. The molecule has 0 aliphatic carbocycles. The van der Waals surface area contributed by atoms with E-state index in [9.17, 15) is 4.79 Å². The number of rotatable bonds is 6. The second kappa shape index (κ2) is 9.65. The molecule has 0 radical (unpaired) electrons. The fourth-order valence-corrected chi connectivity index (χ4v) is 4.03. The zero-order valence-corrected chi connectivity index (χ0v) is 19.5. The van der Waals surface area contributed by atoms with Gasteiger partial charge in [0.1, 0.15) is 0 Å². The molecule has 29 heavy (non-hydrogen) atoms. The number of aryl methyl sites for hydroxylation is 2. The Balaban J connectivity index is 1.64. The molecule has 4 nitrogen and oxygen atoms in total. The fraction of sp³-hybridized carbons (Fsp3) is 0.182. The number of hydrazone groups is 1. The predicted octanol–water partition coefficient (Wildman–Crippen LogP) is 6.06. The highest BCUT2D eigenvalue weighted by Gasteiger charge is 2.10. The Morgan fingerprint density at radius 1 is 1.17 bits per heavy atom. The van der Waals surface area contributed by atoms with Gasteiger partial charge in [-0.15, -0.1) is 11.8 Å². The Bertz CT molecular complexity index is 1060. The minimum Gasteiger partial charge on any atom is -0.318 e. The van der Waals surface area contributed by atoms with Crippen LogP contribution in [0, 0.1) is 20.8 Å². The summed E-state index contributed by atoms with van der Waals surface area (Å²) in [6.07, 6.45) is 1.69. The van der Waals surface area contributed by atoms with Gasteiger partial charge in [0, 0.05) is 37.0 Å². The molecule has 1 N–H and O–H groups in total. The molecule has 7 heteroatoms. The van der Waals surface area contributed by atoms with Crippen LogP contribution in [-0.2, 0) is 4.79 Å². The first-order valence-electron chi connectivity index (χ1n) is 9.01. The Hall–Kier alpha value is -2.02. The highest BCUT2D eigenvalue weighted by atomic mass is 79.9. The summed E-state index contributed by atoms with van der Waals surface area (Å²) in [4.78, 5) is 13.0. The molecule has 0 aliphatic heterocycles. The van der Waals surface area contributed by atoms with E-state index in [2.05, 4.69) is 69.1 Å². The van der Waals surface area contributed by atoms with Crippen molar-refractivity contribution in [1.82, 2.24) is 9.99 Å². The van der Waals surface area contributed by atoms with Gasteiger partial charge >= 0.3 is 0 Å². The summed E-state index contributed by atoms with van der Waals surface area (Å²) in [5.74, 6) is 0.134. The predicted molar refractivity (Wildman–Crippen MR) is 126 cm³/mol. The molecule has 3 rings (SSSR count). The zero-order chi connectivity index (χ0) is 21.0. The average molecular weight is 491 g/mol. The number of aromatic nitrogens is 1. The monoisotopic (exact) mass is 489 g/mol. The molecular weight excluding hydrogens is 470 g/mol. The van der Waals surface area contributed by atoms with Crippen LogP contribution in [0.3, 0.4) is 0 Å². The first-order chi connectivity index (χ1) is 13.8. The quantitative estimate of drug-likeness (QED) is 0.259. The van der Waals surface area contributed by atoms with Gasteiger partial charge in [-0.25, -0.2) is 5.43 Å². The van der Waals surface area contributed by atoms with Crippen LogP contribution in [0.5, 0.6) is 0 Å². The molecule has 0 fully saturated rings. The van der Waals surface area contributed by atoms with Gasteiger partial charge in [0.25, 0.3) is 0 Å². The third-order valence-electron chi connectivity index (χ3n) is 4.45. The van der Waals surface area contributed by atoms with E-state index in [4.69, 9.17) is 11.6 Å². The van der Waals surface area contributed by atoms with Crippen molar-refractivity contribution in [3.8, 4) is 5.69 Å². The Kier molecular flexibility index (Phi) is 7.22. The van der Waals surface area contributed by atoms with E-state index in [1.165, 1.54) is 17.3 Å². The maximum atomic E-state index is 12.0. The van der Waals surface area contributed by atoms with E-state index >= 15 is 0 Å². The van der Waals surface area contributed by atoms with Gasteiger partial charge < -0.3 is 4.57 Å². The summed E-state index contributed by atoms with van der Waals surface area (Å²) in [7, 11) is 0. The first kappa shape index (κ1) is 21.7. The summed E-state index contributed by atoms with van der Waals surface area (Å²) >= 11 is 10.9. The number of carbonyl (C=O) groups excluding carboxylic acids is 1. The minimum atomic E-state index is -0.154. The first-order valence-corrected chi connectivity index (χ1v) is 11.2. The highest BCUT2D eigenvalue weighted by molar-refractivity contribution is 9.10. The summed E-state index contributed by atoms with van der Waals surface area (Å²) in [6.45, 7) is 6.18. The lowest BCUT2D eigenvalue weighted by molar-refractivity contribution is -0.118. The molecule has 3 aromatic rings. The molecule has 0 aliphatic rings. The summed E-state index contributed by atoms with van der Waals surface area (Å²) in [5.41, 5.74) is 8.01. The van der Waals surface area contributed by atoms with Crippen molar-refractivity contribution in [2.45, 2.75) is 25.7 Å². The van der Waals surface area contributed by atoms with Gasteiger partial charge in [-0.3, -0.25) is 4.79 Å². The second-order valence-corrected chi connectivity index (χ2v) is 8.97. The molecule has 0 bridgehead atoms. The third kappa shape index (κ3) is 5.53. The molecule has 2 aromatic carbocycles. The van der Waals surface area contributed by atoms with Crippen LogP contribution in [0.1, 0.15) is 22.5 Å². The normalized spacial score (nSPS) is 11.2. The summed E-state index contributed by atoms with van der Waals surface area (Å²) in [5, 5.41) is 4.81. The van der Waals surface area contributed by atoms with E-state index < -0.39 is 0 Å². The SMILES string of the molecule is Cc1cc(-n2c(C)cc(/C=N\NC(=O)CSc3ccc(Cl)cc3)c2C)ccc1Br. The zero-order valence-electron chi connectivity index (χ0n) is 16.4. The van der Waals surface area contributed by atoms with E-state index in [0.29, 0.717) is 5.02 Å². The van der Waals surface area contributed by atoms with Gasteiger partial charge in [-0.05, 0) is 74.9 Å². The molecule has 0 saturated carbocycles. The van der Waals surface area contributed by atoms with Gasteiger partial charge in [0.2, 0.25) is 5.91 Å². The molecule has 0 spiro atoms. The second-order valence-electron chi connectivity index (χ2n) is 6.63. The number of carbonyl (C=O) groups is 1.